The van der Waals surface area contributed by atoms with Gasteiger partial charge in [0.05, 0.1) is 4.90 Å². The highest BCUT2D eigenvalue weighted by Crippen LogP contribution is 2.11. The second kappa shape index (κ2) is 3.14. The number of rotatable bonds is 1. The van der Waals surface area contributed by atoms with Crippen molar-refractivity contribution in [1.29, 1.82) is 0 Å². The summed E-state index contributed by atoms with van der Waals surface area (Å²) in [4.78, 5) is 7.57. The molecule has 6 heteroatoms. The van der Waals surface area contributed by atoms with E-state index in [2.05, 4.69) is 27.7 Å². The molecule has 2 rings (SSSR count). The third-order valence-electron chi connectivity index (χ3n) is 1.47. The Morgan fingerprint density at radius 3 is 2.85 bits per heavy atom. The van der Waals surface area contributed by atoms with Crippen molar-refractivity contribution < 1.29 is 4.39 Å². The van der Waals surface area contributed by atoms with Gasteiger partial charge in [0.2, 0.25) is 5.95 Å². The first-order chi connectivity index (χ1) is 6.27. The molecular formula is C7H5FN4S. The second-order valence-corrected chi connectivity index (χ2v) is 2.80. The van der Waals surface area contributed by atoms with E-state index in [4.69, 9.17) is 0 Å². The van der Waals surface area contributed by atoms with E-state index in [0.29, 0.717) is 5.82 Å². The van der Waals surface area contributed by atoms with Crippen LogP contribution in [0.3, 0.4) is 0 Å². The van der Waals surface area contributed by atoms with Crippen molar-refractivity contribution >= 4 is 12.6 Å². The monoisotopic (exact) mass is 196 g/mol. The minimum absolute atomic E-state index is 0.212. The molecule has 0 bridgehead atoms. The molecule has 0 aliphatic rings. The van der Waals surface area contributed by atoms with E-state index in [1.807, 2.05) is 0 Å². The van der Waals surface area contributed by atoms with Crippen LogP contribution in [0, 0.1) is 5.95 Å². The second-order valence-electron chi connectivity index (χ2n) is 2.32. The van der Waals surface area contributed by atoms with Gasteiger partial charge in [0, 0.05) is 0 Å². The number of hydrogen-bond donors (Lipinski definition) is 1. The summed E-state index contributed by atoms with van der Waals surface area (Å²) >= 11 is 3.86. The molecule has 4 nitrogen and oxygen atoms in total. The number of nitrogens with zero attached hydrogens (tertiary/aromatic N) is 4. The Balaban J connectivity index is 2.49. The maximum atomic E-state index is 12.9. The summed E-state index contributed by atoms with van der Waals surface area (Å²) in [5, 5.41) is 3.81. The van der Waals surface area contributed by atoms with E-state index >= 15 is 0 Å². The van der Waals surface area contributed by atoms with Gasteiger partial charge >= 0.3 is 0 Å². The fourth-order valence-electron chi connectivity index (χ4n) is 0.871. The standard InChI is InChI=1S/C7H5FN4S/c8-7-5(13)1-2-6(11-7)12-4-9-3-10-12/h1-4,13H. The first-order valence-electron chi connectivity index (χ1n) is 3.48. The van der Waals surface area contributed by atoms with Crippen molar-refractivity contribution in [2.75, 3.05) is 0 Å². The summed E-state index contributed by atoms with van der Waals surface area (Å²) < 4.78 is 14.3. The Kier molecular flexibility index (Phi) is 1.97. The summed E-state index contributed by atoms with van der Waals surface area (Å²) in [5.74, 6) is -0.232. The fourth-order valence-corrected chi connectivity index (χ4v) is 0.996. The highest BCUT2D eigenvalue weighted by Gasteiger charge is 2.03. The molecule has 66 valence electrons. The molecule has 0 atom stereocenters. The van der Waals surface area contributed by atoms with Crippen LogP contribution in [0.4, 0.5) is 4.39 Å². The van der Waals surface area contributed by atoms with Gasteiger partial charge < -0.3 is 0 Å². The van der Waals surface area contributed by atoms with Crippen LogP contribution in [0.15, 0.2) is 29.7 Å². The highest BCUT2D eigenvalue weighted by molar-refractivity contribution is 7.80. The van der Waals surface area contributed by atoms with Gasteiger partial charge in [0.15, 0.2) is 5.82 Å². The minimum Gasteiger partial charge on any atom is -0.223 e. The van der Waals surface area contributed by atoms with Crippen molar-refractivity contribution in [3.8, 4) is 5.82 Å². The summed E-state index contributed by atoms with van der Waals surface area (Å²) in [7, 11) is 0. The molecule has 0 unspecified atom stereocenters. The van der Waals surface area contributed by atoms with Crippen molar-refractivity contribution in [2.45, 2.75) is 4.90 Å². The van der Waals surface area contributed by atoms with E-state index in [1.54, 1.807) is 6.07 Å². The van der Waals surface area contributed by atoms with Crippen LogP contribution in [-0.2, 0) is 0 Å². The third kappa shape index (κ3) is 1.52. The van der Waals surface area contributed by atoms with Crippen molar-refractivity contribution in [3.63, 3.8) is 0 Å². The molecule has 2 aromatic heterocycles. The Hall–Kier alpha value is -1.43. The van der Waals surface area contributed by atoms with Crippen LogP contribution in [0.25, 0.3) is 5.82 Å². The Morgan fingerprint density at radius 1 is 1.38 bits per heavy atom. The molecule has 0 N–H and O–H groups in total. The van der Waals surface area contributed by atoms with E-state index in [-0.39, 0.29) is 4.90 Å². The lowest BCUT2D eigenvalue weighted by atomic mass is 10.4. The zero-order valence-electron chi connectivity index (χ0n) is 6.42. The molecule has 0 spiro atoms. The Bertz CT molecular complexity index is 414. The number of pyridine rings is 1. The van der Waals surface area contributed by atoms with E-state index in [1.165, 1.54) is 23.4 Å². The van der Waals surface area contributed by atoms with Crippen molar-refractivity contribution in [1.82, 2.24) is 19.7 Å². The molecular weight excluding hydrogens is 191 g/mol. The van der Waals surface area contributed by atoms with Gasteiger partial charge in [-0.2, -0.15) is 14.5 Å². The van der Waals surface area contributed by atoms with Gasteiger partial charge in [-0.05, 0) is 12.1 Å². The van der Waals surface area contributed by atoms with Crippen LogP contribution in [0.5, 0.6) is 0 Å². The number of thiol groups is 1. The van der Waals surface area contributed by atoms with Gasteiger partial charge in [-0.1, -0.05) is 0 Å². The van der Waals surface area contributed by atoms with Crippen LogP contribution in [0.2, 0.25) is 0 Å². The highest BCUT2D eigenvalue weighted by atomic mass is 32.1. The molecule has 0 aliphatic carbocycles. The van der Waals surface area contributed by atoms with Crippen LogP contribution in [0.1, 0.15) is 0 Å². The van der Waals surface area contributed by atoms with Crippen LogP contribution < -0.4 is 0 Å². The van der Waals surface area contributed by atoms with E-state index in [0.717, 1.165) is 0 Å². The molecule has 0 fully saturated rings. The molecule has 0 aliphatic heterocycles. The predicted molar refractivity (Wildman–Crippen MR) is 46.4 cm³/mol. The Labute approximate surface area is 78.9 Å². The van der Waals surface area contributed by atoms with Gasteiger partial charge in [-0.3, -0.25) is 0 Å². The summed E-state index contributed by atoms with van der Waals surface area (Å²) in [5.41, 5.74) is 0. The number of hydrogen-bond acceptors (Lipinski definition) is 4. The lowest BCUT2D eigenvalue weighted by Gasteiger charge is -1.99. The summed E-state index contributed by atoms with van der Waals surface area (Å²) in [6, 6.07) is 3.13. The SMILES string of the molecule is Fc1nc(-n2cncn2)ccc1S. The largest absolute Gasteiger partial charge is 0.228 e. The normalized spacial score (nSPS) is 10.3. The Morgan fingerprint density at radius 2 is 2.23 bits per heavy atom. The quantitative estimate of drug-likeness (QED) is 0.548. The minimum atomic E-state index is -0.615. The zero-order chi connectivity index (χ0) is 9.26. The molecule has 0 amide bonds. The molecule has 0 saturated carbocycles. The molecule has 13 heavy (non-hydrogen) atoms. The first kappa shape index (κ1) is 8.18. The zero-order valence-corrected chi connectivity index (χ0v) is 7.32. The lowest BCUT2D eigenvalue weighted by molar-refractivity contribution is 0.552. The molecule has 0 aromatic carbocycles. The fraction of sp³-hybridized carbons (Fsp3) is 0. The van der Waals surface area contributed by atoms with Crippen LogP contribution in [-0.4, -0.2) is 19.7 Å². The van der Waals surface area contributed by atoms with Crippen molar-refractivity contribution in [3.05, 3.63) is 30.7 Å². The molecule has 2 aromatic rings. The summed E-state index contributed by atoms with van der Waals surface area (Å²) in [6.07, 6.45) is 2.80. The van der Waals surface area contributed by atoms with E-state index in [9.17, 15) is 4.39 Å². The third-order valence-corrected chi connectivity index (χ3v) is 1.80. The van der Waals surface area contributed by atoms with Crippen molar-refractivity contribution in [2.24, 2.45) is 0 Å². The smallest absolute Gasteiger partial charge is 0.223 e. The predicted octanol–water partition coefficient (Wildman–Crippen LogP) is 1.09. The van der Waals surface area contributed by atoms with Gasteiger partial charge in [0.25, 0.3) is 0 Å². The number of halogens is 1. The topological polar surface area (TPSA) is 43.6 Å². The maximum absolute atomic E-state index is 12.9. The number of aromatic nitrogens is 4. The average molecular weight is 196 g/mol. The molecule has 0 saturated heterocycles. The molecule has 0 radical (unpaired) electrons. The maximum Gasteiger partial charge on any atom is 0.228 e. The van der Waals surface area contributed by atoms with Crippen LogP contribution >= 0.6 is 12.6 Å². The summed E-state index contributed by atoms with van der Waals surface area (Å²) in [6.45, 7) is 0. The van der Waals surface area contributed by atoms with E-state index < -0.39 is 5.95 Å². The van der Waals surface area contributed by atoms with Gasteiger partial charge in [-0.15, -0.1) is 12.6 Å². The van der Waals surface area contributed by atoms with Gasteiger partial charge in [0.1, 0.15) is 12.7 Å². The first-order valence-corrected chi connectivity index (χ1v) is 3.92. The molecule has 2 heterocycles. The lowest BCUT2D eigenvalue weighted by Crippen LogP contribution is -1.99. The van der Waals surface area contributed by atoms with Gasteiger partial charge in [-0.25, -0.2) is 9.67 Å². The average Bonchev–Trinajstić information content (AvgIpc) is 2.62.